The van der Waals surface area contributed by atoms with Gasteiger partial charge in [0.25, 0.3) is 0 Å². The Morgan fingerprint density at radius 2 is 1.74 bits per heavy atom. The summed E-state index contributed by atoms with van der Waals surface area (Å²) >= 11 is 3.41. The van der Waals surface area contributed by atoms with Crippen LogP contribution in [0.2, 0.25) is 0 Å². The smallest absolute Gasteiger partial charge is 0.328 e. The van der Waals surface area contributed by atoms with Crippen LogP contribution in [0.1, 0.15) is 47.1 Å². The van der Waals surface area contributed by atoms with Gasteiger partial charge in [-0.2, -0.15) is 11.3 Å². The zero-order chi connectivity index (χ0) is 23.5. The van der Waals surface area contributed by atoms with Crippen LogP contribution in [0, 0.1) is 12.8 Å². The van der Waals surface area contributed by atoms with E-state index in [0.717, 1.165) is 11.1 Å². The van der Waals surface area contributed by atoms with Crippen LogP contribution in [0.25, 0.3) is 27.7 Å². The number of carboxylic acids is 1. The molecule has 3 nitrogen and oxygen atoms in total. The maximum Gasteiger partial charge on any atom is 0.328 e. The van der Waals surface area contributed by atoms with Crippen molar-refractivity contribution in [2.45, 2.75) is 26.2 Å². The molecule has 1 fully saturated rings. The van der Waals surface area contributed by atoms with Crippen LogP contribution in [0.4, 0.5) is 0 Å². The summed E-state index contributed by atoms with van der Waals surface area (Å²) in [4.78, 5) is 16.3. The predicted molar refractivity (Wildman–Crippen MR) is 143 cm³/mol. The summed E-state index contributed by atoms with van der Waals surface area (Å²) in [5.74, 6) is -0.387. The van der Waals surface area contributed by atoms with E-state index < -0.39 is 5.97 Å². The van der Waals surface area contributed by atoms with Gasteiger partial charge in [0.2, 0.25) is 0 Å². The van der Waals surface area contributed by atoms with Crippen molar-refractivity contribution in [2.75, 3.05) is 0 Å². The molecular formula is C29H25NO2S2. The highest BCUT2D eigenvalue weighted by Gasteiger charge is 2.28. The Balaban J connectivity index is 1.66. The molecule has 4 aromatic rings. The maximum absolute atomic E-state index is 10.9. The molecule has 5 heteroatoms. The molecule has 0 bridgehead atoms. The topological polar surface area (TPSA) is 50.2 Å². The summed E-state index contributed by atoms with van der Waals surface area (Å²) < 4.78 is 0. The Hall–Kier alpha value is -3.28. The van der Waals surface area contributed by atoms with E-state index in [0.29, 0.717) is 5.92 Å². The number of carbonyl (C=O) groups is 1. The number of carboxylic acid groups (broad SMARTS) is 1. The first kappa shape index (κ1) is 22.5. The van der Waals surface area contributed by atoms with Gasteiger partial charge >= 0.3 is 5.97 Å². The Labute approximate surface area is 207 Å². The van der Waals surface area contributed by atoms with Crippen LogP contribution in [0.3, 0.4) is 0 Å². The summed E-state index contributed by atoms with van der Waals surface area (Å²) in [5, 5.41) is 13.5. The Morgan fingerprint density at radius 3 is 2.26 bits per heavy atom. The van der Waals surface area contributed by atoms with Crippen molar-refractivity contribution in [1.82, 2.24) is 4.98 Å². The summed E-state index contributed by atoms with van der Waals surface area (Å²) in [6.45, 7) is 2.20. The van der Waals surface area contributed by atoms with Crippen molar-refractivity contribution >= 4 is 45.9 Å². The molecule has 1 aliphatic carbocycles. The number of thiazole rings is 1. The minimum absolute atomic E-state index is 0.552. The first-order valence-corrected chi connectivity index (χ1v) is 13.2. The van der Waals surface area contributed by atoms with Crippen molar-refractivity contribution < 1.29 is 9.90 Å². The minimum atomic E-state index is -0.939. The molecular weight excluding hydrogens is 458 g/mol. The number of hydrogen-bond acceptors (Lipinski definition) is 4. The molecule has 1 saturated carbocycles. The molecule has 5 rings (SSSR count). The number of rotatable bonds is 7. The molecule has 34 heavy (non-hydrogen) atoms. The van der Waals surface area contributed by atoms with E-state index in [1.165, 1.54) is 63.6 Å². The molecule has 170 valence electrons. The van der Waals surface area contributed by atoms with Crippen molar-refractivity contribution in [2.24, 2.45) is 5.92 Å². The molecule has 2 aromatic carbocycles. The van der Waals surface area contributed by atoms with E-state index in [1.54, 1.807) is 28.7 Å². The fourth-order valence-electron chi connectivity index (χ4n) is 4.46. The third-order valence-electron chi connectivity index (χ3n) is 6.44. The van der Waals surface area contributed by atoms with Crippen LogP contribution in [-0.2, 0) is 4.79 Å². The molecule has 0 atom stereocenters. The van der Waals surface area contributed by atoms with Gasteiger partial charge in [-0.25, -0.2) is 4.79 Å². The summed E-state index contributed by atoms with van der Waals surface area (Å²) in [6.07, 6.45) is 8.43. The van der Waals surface area contributed by atoms with Gasteiger partial charge in [0, 0.05) is 12.3 Å². The molecule has 2 aromatic heterocycles. The number of benzene rings is 2. The standard InChI is InChI=1S/C29H25NO2S2/c1-19-16-33-17-25(19)29(22-3-2-4-22)28(23-8-5-20(6-9-23)7-14-27(31)32)24-12-10-21(11-13-24)26-15-30-18-34-26/h5-18,22H,2-4H2,1H3,(H,31,32)/b14-7+,29-28+. The molecule has 1 aliphatic rings. The number of aliphatic carboxylic acids is 1. The van der Waals surface area contributed by atoms with E-state index in [4.69, 9.17) is 5.11 Å². The number of aromatic nitrogens is 1. The minimum Gasteiger partial charge on any atom is -0.478 e. The van der Waals surface area contributed by atoms with Gasteiger partial charge in [0.1, 0.15) is 0 Å². The maximum atomic E-state index is 10.9. The highest BCUT2D eigenvalue weighted by molar-refractivity contribution is 7.13. The average Bonchev–Trinajstić information content (AvgIpc) is 3.49. The van der Waals surface area contributed by atoms with Gasteiger partial charge in [-0.3, -0.25) is 4.98 Å². The fraction of sp³-hybridized carbons (Fsp3) is 0.172. The fourth-order valence-corrected chi connectivity index (χ4v) is 5.93. The zero-order valence-corrected chi connectivity index (χ0v) is 20.5. The first-order chi connectivity index (χ1) is 16.6. The Bertz CT molecular complexity index is 1340. The highest BCUT2D eigenvalue weighted by atomic mass is 32.1. The van der Waals surface area contributed by atoms with Crippen molar-refractivity contribution in [3.8, 4) is 10.4 Å². The van der Waals surface area contributed by atoms with Gasteiger partial charge in [-0.15, -0.1) is 11.3 Å². The lowest BCUT2D eigenvalue weighted by atomic mass is 9.73. The molecule has 1 N–H and O–H groups in total. The van der Waals surface area contributed by atoms with Gasteiger partial charge in [0.15, 0.2) is 0 Å². The average molecular weight is 484 g/mol. The van der Waals surface area contributed by atoms with E-state index in [1.807, 2.05) is 23.8 Å². The molecule has 0 amide bonds. The largest absolute Gasteiger partial charge is 0.478 e. The molecule has 0 saturated heterocycles. The zero-order valence-electron chi connectivity index (χ0n) is 18.9. The normalized spacial score (nSPS) is 14.7. The highest BCUT2D eigenvalue weighted by Crippen LogP contribution is 2.46. The molecule has 0 spiro atoms. The van der Waals surface area contributed by atoms with Crippen LogP contribution in [0.5, 0.6) is 0 Å². The van der Waals surface area contributed by atoms with E-state index in [2.05, 4.69) is 59.1 Å². The molecule has 0 radical (unpaired) electrons. The quantitative estimate of drug-likeness (QED) is 0.271. The van der Waals surface area contributed by atoms with Gasteiger partial charge in [-0.1, -0.05) is 55.0 Å². The second kappa shape index (κ2) is 9.92. The second-order valence-electron chi connectivity index (χ2n) is 8.62. The SMILES string of the molecule is Cc1cscc1/C(=C(\c1ccc(/C=C/C(=O)O)cc1)c1ccc(-c2cncs2)cc1)C1CCC1. The van der Waals surface area contributed by atoms with E-state index >= 15 is 0 Å². The summed E-state index contributed by atoms with van der Waals surface area (Å²) in [5.41, 5.74) is 11.7. The Morgan fingerprint density at radius 1 is 1.03 bits per heavy atom. The summed E-state index contributed by atoms with van der Waals surface area (Å²) in [7, 11) is 0. The Kier molecular flexibility index (Phi) is 6.57. The van der Waals surface area contributed by atoms with E-state index in [-0.39, 0.29) is 0 Å². The van der Waals surface area contributed by atoms with Crippen LogP contribution >= 0.6 is 22.7 Å². The van der Waals surface area contributed by atoms with Gasteiger partial charge < -0.3 is 5.11 Å². The summed E-state index contributed by atoms with van der Waals surface area (Å²) in [6, 6.07) is 17.1. The van der Waals surface area contributed by atoms with Gasteiger partial charge in [-0.05, 0) is 87.0 Å². The first-order valence-electron chi connectivity index (χ1n) is 11.4. The van der Waals surface area contributed by atoms with Crippen LogP contribution in [-0.4, -0.2) is 16.1 Å². The molecule has 0 unspecified atom stereocenters. The lowest BCUT2D eigenvalue weighted by molar-refractivity contribution is -0.131. The van der Waals surface area contributed by atoms with Gasteiger partial charge in [0.05, 0.1) is 10.4 Å². The third-order valence-corrected chi connectivity index (χ3v) is 8.12. The lowest BCUT2D eigenvalue weighted by Crippen LogP contribution is -2.15. The second-order valence-corrected chi connectivity index (χ2v) is 10.3. The predicted octanol–water partition coefficient (Wildman–Crippen LogP) is 8.04. The monoisotopic (exact) mass is 483 g/mol. The number of nitrogens with zero attached hydrogens (tertiary/aromatic N) is 1. The number of thiophene rings is 1. The number of hydrogen-bond donors (Lipinski definition) is 1. The van der Waals surface area contributed by atoms with Crippen LogP contribution in [0.15, 0.2) is 77.1 Å². The van der Waals surface area contributed by atoms with Crippen molar-refractivity contribution in [1.29, 1.82) is 0 Å². The molecule has 2 heterocycles. The van der Waals surface area contributed by atoms with Crippen molar-refractivity contribution in [3.63, 3.8) is 0 Å². The van der Waals surface area contributed by atoms with Crippen molar-refractivity contribution in [3.05, 3.63) is 105 Å². The number of allylic oxidation sites excluding steroid dienone is 1. The lowest BCUT2D eigenvalue weighted by Gasteiger charge is -2.31. The molecule has 0 aliphatic heterocycles. The van der Waals surface area contributed by atoms with Crippen LogP contribution < -0.4 is 0 Å². The third kappa shape index (κ3) is 4.67. The van der Waals surface area contributed by atoms with E-state index in [9.17, 15) is 4.79 Å². The number of aryl methyl sites for hydroxylation is 1.